The predicted octanol–water partition coefficient (Wildman–Crippen LogP) is 3.12. The first-order valence-corrected chi connectivity index (χ1v) is 6.37. The Morgan fingerprint density at radius 1 is 1.25 bits per heavy atom. The summed E-state index contributed by atoms with van der Waals surface area (Å²) in [5, 5.41) is 3.13. The van der Waals surface area contributed by atoms with Crippen LogP contribution in [0.2, 0.25) is 0 Å². The van der Waals surface area contributed by atoms with Gasteiger partial charge in [0.1, 0.15) is 6.17 Å². The van der Waals surface area contributed by atoms with E-state index >= 15 is 0 Å². The molecule has 0 amide bonds. The van der Waals surface area contributed by atoms with Crippen molar-refractivity contribution in [1.82, 2.24) is 10.2 Å². The van der Waals surface area contributed by atoms with Crippen molar-refractivity contribution in [3.63, 3.8) is 0 Å². The van der Waals surface area contributed by atoms with Crippen LogP contribution in [-0.4, -0.2) is 25.2 Å². The van der Waals surface area contributed by atoms with Crippen molar-refractivity contribution >= 4 is 0 Å². The summed E-state index contributed by atoms with van der Waals surface area (Å²) in [5.41, 5.74) is 0.179. The number of benzene rings is 1. The summed E-state index contributed by atoms with van der Waals surface area (Å²) in [4.78, 5) is 2.04. The van der Waals surface area contributed by atoms with Crippen LogP contribution in [0.1, 0.15) is 23.7 Å². The molecule has 1 N–H and O–H groups in total. The minimum absolute atomic E-state index is 0.117. The third kappa shape index (κ3) is 3.45. The quantitative estimate of drug-likeness (QED) is 0.842. The van der Waals surface area contributed by atoms with Gasteiger partial charge in [-0.05, 0) is 24.1 Å². The van der Waals surface area contributed by atoms with E-state index in [4.69, 9.17) is 4.74 Å². The van der Waals surface area contributed by atoms with Crippen LogP contribution in [0.5, 0.6) is 0 Å². The number of ether oxygens (including phenoxy) is 1. The molecule has 1 aromatic rings. The molecule has 110 valence electrons. The molecule has 2 rings (SSSR count). The van der Waals surface area contributed by atoms with Crippen molar-refractivity contribution < 1.29 is 17.9 Å². The van der Waals surface area contributed by atoms with Gasteiger partial charge in [-0.25, -0.2) is 0 Å². The second kappa shape index (κ2) is 6.17. The van der Waals surface area contributed by atoms with Crippen LogP contribution in [0.3, 0.4) is 0 Å². The fraction of sp³-hybridized carbons (Fsp3) is 0.429. The van der Waals surface area contributed by atoms with E-state index in [-0.39, 0.29) is 6.17 Å². The maximum Gasteiger partial charge on any atom is 0.416 e. The SMILES string of the molecule is COCCCN1C=CNC1c1ccc(C(F)(F)F)cc1. The minimum Gasteiger partial charge on any atom is -0.385 e. The molecular formula is C14H17F3N2O. The van der Waals surface area contributed by atoms with Gasteiger partial charge in [0.2, 0.25) is 0 Å². The lowest BCUT2D eigenvalue weighted by Crippen LogP contribution is -2.28. The Labute approximate surface area is 116 Å². The van der Waals surface area contributed by atoms with Crippen molar-refractivity contribution in [3.8, 4) is 0 Å². The number of alkyl halides is 3. The van der Waals surface area contributed by atoms with Gasteiger partial charge in [0.15, 0.2) is 0 Å². The maximum atomic E-state index is 12.5. The van der Waals surface area contributed by atoms with Crippen LogP contribution in [0.4, 0.5) is 13.2 Å². The zero-order chi connectivity index (χ0) is 14.6. The molecule has 0 spiro atoms. The van der Waals surface area contributed by atoms with Crippen LogP contribution in [0, 0.1) is 0 Å². The van der Waals surface area contributed by atoms with Crippen molar-refractivity contribution in [2.24, 2.45) is 0 Å². The number of hydrogen-bond acceptors (Lipinski definition) is 3. The van der Waals surface area contributed by atoms with Gasteiger partial charge in [0.05, 0.1) is 5.56 Å². The molecule has 1 aliphatic rings. The number of methoxy groups -OCH3 is 1. The van der Waals surface area contributed by atoms with Crippen LogP contribution < -0.4 is 5.32 Å². The summed E-state index contributed by atoms with van der Waals surface area (Å²) >= 11 is 0. The van der Waals surface area contributed by atoms with Gasteiger partial charge in [-0.3, -0.25) is 0 Å². The molecule has 1 atom stereocenters. The van der Waals surface area contributed by atoms with E-state index in [9.17, 15) is 13.2 Å². The lowest BCUT2D eigenvalue weighted by Gasteiger charge is -2.26. The largest absolute Gasteiger partial charge is 0.416 e. The molecule has 0 fully saturated rings. The van der Waals surface area contributed by atoms with E-state index in [1.165, 1.54) is 12.1 Å². The molecule has 0 saturated carbocycles. The summed E-state index contributed by atoms with van der Waals surface area (Å²) in [7, 11) is 1.64. The van der Waals surface area contributed by atoms with Crippen LogP contribution in [0.15, 0.2) is 36.7 Å². The highest BCUT2D eigenvalue weighted by molar-refractivity contribution is 5.28. The molecule has 1 unspecified atom stereocenters. The van der Waals surface area contributed by atoms with Crippen LogP contribution in [-0.2, 0) is 10.9 Å². The van der Waals surface area contributed by atoms with Gasteiger partial charge >= 0.3 is 6.18 Å². The molecule has 20 heavy (non-hydrogen) atoms. The monoisotopic (exact) mass is 286 g/mol. The highest BCUT2D eigenvalue weighted by Crippen LogP contribution is 2.31. The number of nitrogens with zero attached hydrogens (tertiary/aromatic N) is 1. The molecule has 0 aromatic heterocycles. The normalized spacial score (nSPS) is 18.4. The predicted molar refractivity (Wildman–Crippen MR) is 69.7 cm³/mol. The van der Waals surface area contributed by atoms with Gasteiger partial charge in [-0.2, -0.15) is 13.2 Å². The third-order valence-corrected chi connectivity index (χ3v) is 3.17. The number of hydrogen-bond donors (Lipinski definition) is 1. The molecule has 1 aromatic carbocycles. The van der Waals surface area contributed by atoms with E-state index in [1.807, 2.05) is 11.1 Å². The fourth-order valence-electron chi connectivity index (χ4n) is 2.15. The molecule has 0 bridgehead atoms. The summed E-state index contributed by atoms with van der Waals surface area (Å²) < 4.78 is 42.6. The van der Waals surface area contributed by atoms with Gasteiger partial charge < -0.3 is 15.0 Å². The van der Waals surface area contributed by atoms with Crippen molar-refractivity contribution in [3.05, 3.63) is 47.8 Å². The first-order valence-electron chi connectivity index (χ1n) is 6.37. The topological polar surface area (TPSA) is 24.5 Å². The summed E-state index contributed by atoms with van der Waals surface area (Å²) in [6.45, 7) is 1.44. The Morgan fingerprint density at radius 3 is 2.55 bits per heavy atom. The molecule has 3 nitrogen and oxygen atoms in total. The molecule has 1 aliphatic heterocycles. The average Bonchev–Trinajstić information content (AvgIpc) is 2.87. The first kappa shape index (κ1) is 14.7. The van der Waals surface area contributed by atoms with Gasteiger partial charge in [-0.1, -0.05) is 12.1 Å². The van der Waals surface area contributed by atoms with Crippen molar-refractivity contribution in [2.45, 2.75) is 18.8 Å². The maximum absolute atomic E-state index is 12.5. The second-order valence-electron chi connectivity index (χ2n) is 4.59. The van der Waals surface area contributed by atoms with E-state index in [1.54, 1.807) is 13.3 Å². The van der Waals surface area contributed by atoms with Crippen LogP contribution >= 0.6 is 0 Å². The number of nitrogens with one attached hydrogen (secondary N) is 1. The zero-order valence-electron chi connectivity index (χ0n) is 11.2. The Hall–Kier alpha value is -1.69. The van der Waals surface area contributed by atoms with E-state index in [0.29, 0.717) is 6.61 Å². The first-order chi connectivity index (χ1) is 9.52. The Kier molecular flexibility index (Phi) is 4.54. The molecule has 0 aliphatic carbocycles. The highest BCUT2D eigenvalue weighted by atomic mass is 19.4. The minimum atomic E-state index is -4.29. The molecule has 1 heterocycles. The molecule has 6 heteroatoms. The summed E-state index contributed by atoms with van der Waals surface area (Å²) in [6, 6.07) is 5.25. The van der Waals surface area contributed by atoms with Gasteiger partial charge in [-0.15, -0.1) is 0 Å². The lowest BCUT2D eigenvalue weighted by molar-refractivity contribution is -0.137. The lowest BCUT2D eigenvalue weighted by atomic mass is 10.1. The van der Waals surface area contributed by atoms with Gasteiger partial charge in [0, 0.05) is 32.7 Å². The van der Waals surface area contributed by atoms with Crippen LogP contribution in [0.25, 0.3) is 0 Å². The molecule has 0 saturated heterocycles. The molecular weight excluding hydrogens is 269 g/mol. The molecule has 0 radical (unpaired) electrons. The number of halogens is 3. The average molecular weight is 286 g/mol. The summed E-state index contributed by atoms with van der Waals surface area (Å²) in [6.07, 6.45) is 0.152. The van der Waals surface area contributed by atoms with Gasteiger partial charge in [0.25, 0.3) is 0 Å². The Balaban J connectivity index is 2.03. The Bertz CT molecular complexity index is 456. The van der Waals surface area contributed by atoms with E-state index < -0.39 is 11.7 Å². The summed E-state index contributed by atoms with van der Waals surface area (Å²) in [5.74, 6) is 0. The fourth-order valence-corrected chi connectivity index (χ4v) is 2.15. The van der Waals surface area contributed by atoms with E-state index in [0.717, 1.165) is 30.7 Å². The number of rotatable bonds is 5. The van der Waals surface area contributed by atoms with E-state index in [2.05, 4.69) is 5.32 Å². The Morgan fingerprint density at radius 2 is 1.95 bits per heavy atom. The third-order valence-electron chi connectivity index (χ3n) is 3.17. The zero-order valence-corrected chi connectivity index (χ0v) is 11.2. The highest BCUT2D eigenvalue weighted by Gasteiger charge is 2.30. The second-order valence-corrected chi connectivity index (χ2v) is 4.59. The standard InChI is InChI=1S/C14H17F3N2O/c1-20-10-2-8-19-9-7-18-13(19)11-3-5-12(6-4-11)14(15,16)17/h3-7,9,13,18H,2,8,10H2,1H3. The van der Waals surface area contributed by atoms with Crippen molar-refractivity contribution in [2.75, 3.05) is 20.3 Å². The van der Waals surface area contributed by atoms with Crippen molar-refractivity contribution in [1.29, 1.82) is 0 Å². The smallest absolute Gasteiger partial charge is 0.385 e.